The summed E-state index contributed by atoms with van der Waals surface area (Å²) in [7, 11) is 0. The second-order valence-corrected chi connectivity index (χ2v) is 5.59. The fourth-order valence-corrected chi connectivity index (χ4v) is 2.04. The van der Waals surface area contributed by atoms with E-state index in [1.807, 2.05) is 39.0 Å². The Hall–Kier alpha value is -1.35. The van der Waals surface area contributed by atoms with Crippen LogP contribution in [0.15, 0.2) is 30.3 Å². The molecule has 1 aromatic carbocycles. The van der Waals surface area contributed by atoms with E-state index in [1.165, 1.54) is 5.56 Å². The number of rotatable bonds is 7. The minimum absolute atomic E-state index is 0.301. The van der Waals surface area contributed by atoms with E-state index in [-0.39, 0.29) is 5.97 Å². The second-order valence-electron chi connectivity index (χ2n) is 5.59. The summed E-state index contributed by atoms with van der Waals surface area (Å²) >= 11 is 0. The molecule has 0 spiro atoms. The van der Waals surface area contributed by atoms with Gasteiger partial charge in [-0.1, -0.05) is 44.2 Å². The first-order chi connectivity index (χ1) is 8.97. The van der Waals surface area contributed by atoms with Crippen molar-refractivity contribution in [3.8, 4) is 0 Å². The van der Waals surface area contributed by atoms with E-state index in [9.17, 15) is 4.79 Å². The van der Waals surface area contributed by atoms with Crippen LogP contribution < -0.4 is 0 Å². The van der Waals surface area contributed by atoms with Crippen molar-refractivity contribution in [2.45, 2.75) is 46.5 Å². The Morgan fingerprint density at radius 3 is 2.47 bits per heavy atom. The number of hydrogen-bond acceptors (Lipinski definition) is 3. The van der Waals surface area contributed by atoms with Gasteiger partial charge in [0.25, 0.3) is 0 Å². The van der Waals surface area contributed by atoms with Crippen LogP contribution in [-0.4, -0.2) is 12.6 Å². The average molecular weight is 264 g/mol. The molecule has 1 unspecified atom stereocenters. The Morgan fingerprint density at radius 2 is 1.89 bits per heavy atom. The quantitative estimate of drug-likeness (QED) is 0.422. The average Bonchev–Trinajstić information content (AvgIpc) is 2.39. The molecule has 0 aliphatic heterocycles. The van der Waals surface area contributed by atoms with Crippen LogP contribution in [0, 0.1) is 5.41 Å². The summed E-state index contributed by atoms with van der Waals surface area (Å²) < 4.78 is 0. The van der Waals surface area contributed by atoms with Gasteiger partial charge >= 0.3 is 5.97 Å². The van der Waals surface area contributed by atoms with E-state index < -0.39 is 5.41 Å². The van der Waals surface area contributed by atoms with Crippen LogP contribution in [0.4, 0.5) is 0 Å². The van der Waals surface area contributed by atoms with Crippen LogP contribution in [0.3, 0.4) is 0 Å². The Kier molecular flexibility index (Phi) is 6.03. The molecule has 0 saturated heterocycles. The molecule has 3 heteroatoms. The smallest absolute Gasteiger partial charge is 0.298 e. The number of hydrogen-bond donors (Lipinski definition) is 0. The fourth-order valence-electron chi connectivity index (χ4n) is 2.04. The van der Waals surface area contributed by atoms with Gasteiger partial charge in [0, 0.05) is 0 Å². The van der Waals surface area contributed by atoms with Crippen molar-refractivity contribution >= 4 is 5.97 Å². The maximum absolute atomic E-state index is 12.0. The lowest BCUT2D eigenvalue weighted by atomic mass is 9.81. The number of carbonyl (C=O) groups is 1. The molecular formula is C16H24O3. The lowest BCUT2D eigenvalue weighted by Gasteiger charge is -2.25. The normalized spacial score (nSPS) is 13.1. The van der Waals surface area contributed by atoms with E-state index in [0.717, 1.165) is 12.8 Å². The molecule has 0 aromatic heterocycles. The SMILES string of the molecule is CCCOOC(=O)C(C)(C)CC(C)c1ccccc1. The predicted molar refractivity (Wildman–Crippen MR) is 75.6 cm³/mol. The van der Waals surface area contributed by atoms with Gasteiger partial charge in [-0.2, -0.15) is 4.89 Å². The molecule has 0 aliphatic rings. The van der Waals surface area contributed by atoms with Crippen molar-refractivity contribution in [2.75, 3.05) is 6.61 Å². The van der Waals surface area contributed by atoms with Gasteiger partial charge in [-0.25, -0.2) is 4.79 Å². The molecule has 0 saturated carbocycles. The van der Waals surface area contributed by atoms with Gasteiger partial charge in [0.1, 0.15) is 0 Å². The maximum Gasteiger partial charge on any atom is 0.347 e. The van der Waals surface area contributed by atoms with Crippen molar-refractivity contribution in [2.24, 2.45) is 5.41 Å². The van der Waals surface area contributed by atoms with Crippen molar-refractivity contribution in [3.63, 3.8) is 0 Å². The highest BCUT2D eigenvalue weighted by atomic mass is 17.2. The lowest BCUT2D eigenvalue weighted by Crippen LogP contribution is -2.28. The van der Waals surface area contributed by atoms with E-state index in [1.54, 1.807) is 0 Å². The molecule has 106 valence electrons. The largest absolute Gasteiger partial charge is 0.347 e. The van der Waals surface area contributed by atoms with Crippen molar-refractivity contribution < 1.29 is 14.6 Å². The van der Waals surface area contributed by atoms with Crippen LogP contribution in [0.5, 0.6) is 0 Å². The fraction of sp³-hybridized carbons (Fsp3) is 0.562. The monoisotopic (exact) mass is 264 g/mol. The van der Waals surface area contributed by atoms with Gasteiger partial charge in [-0.3, -0.25) is 4.89 Å². The number of benzene rings is 1. The minimum Gasteiger partial charge on any atom is -0.298 e. The van der Waals surface area contributed by atoms with E-state index in [2.05, 4.69) is 19.1 Å². The Balaban J connectivity index is 2.56. The summed E-state index contributed by atoms with van der Waals surface area (Å²) in [5, 5.41) is 0. The first-order valence-electron chi connectivity index (χ1n) is 6.86. The molecule has 0 aliphatic carbocycles. The molecule has 3 nitrogen and oxygen atoms in total. The molecule has 1 rings (SSSR count). The summed E-state index contributed by atoms with van der Waals surface area (Å²) in [4.78, 5) is 21.7. The van der Waals surface area contributed by atoms with Gasteiger partial charge in [0.15, 0.2) is 0 Å². The Bertz CT molecular complexity index is 384. The summed E-state index contributed by atoms with van der Waals surface area (Å²) in [5.41, 5.74) is 0.682. The third-order valence-corrected chi connectivity index (χ3v) is 3.16. The maximum atomic E-state index is 12.0. The second kappa shape index (κ2) is 7.29. The van der Waals surface area contributed by atoms with E-state index in [0.29, 0.717) is 12.5 Å². The first kappa shape index (κ1) is 15.7. The van der Waals surface area contributed by atoms with Crippen LogP contribution in [0.25, 0.3) is 0 Å². The number of carbonyl (C=O) groups excluding carboxylic acids is 1. The van der Waals surface area contributed by atoms with Crippen molar-refractivity contribution in [3.05, 3.63) is 35.9 Å². The van der Waals surface area contributed by atoms with Crippen molar-refractivity contribution in [1.82, 2.24) is 0 Å². The Morgan fingerprint density at radius 1 is 1.26 bits per heavy atom. The molecule has 0 bridgehead atoms. The standard InChI is InChI=1S/C16H24O3/c1-5-11-18-19-15(17)16(3,4)12-13(2)14-9-7-6-8-10-14/h6-10,13H,5,11-12H2,1-4H3. The van der Waals surface area contributed by atoms with E-state index in [4.69, 9.17) is 9.78 Å². The summed E-state index contributed by atoms with van der Waals surface area (Å²) in [5.74, 6) is -0.00124. The minimum atomic E-state index is -0.553. The topological polar surface area (TPSA) is 35.5 Å². The summed E-state index contributed by atoms with van der Waals surface area (Å²) in [6, 6.07) is 10.2. The van der Waals surface area contributed by atoms with E-state index >= 15 is 0 Å². The molecule has 0 fully saturated rings. The summed E-state index contributed by atoms with van der Waals surface area (Å²) in [6.07, 6.45) is 1.56. The zero-order valence-electron chi connectivity index (χ0n) is 12.3. The molecule has 0 N–H and O–H groups in total. The molecule has 1 aromatic rings. The zero-order valence-corrected chi connectivity index (χ0v) is 12.3. The third kappa shape index (κ3) is 5.03. The lowest BCUT2D eigenvalue weighted by molar-refractivity contribution is -0.280. The molecule has 19 heavy (non-hydrogen) atoms. The van der Waals surface area contributed by atoms with Gasteiger partial charge < -0.3 is 0 Å². The van der Waals surface area contributed by atoms with Crippen LogP contribution >= 0.6 is 0 Å². The van der Waals surface area contributed by atoms with Crippen LogP contribution in [0.2, 0.25) is 0 Å². The van der Waals surface area contributed by atoms with Crippen LogP contribution in [-0.2, 0) is 14.6 Å². The molecule has 0 heterocycles. The molecule has 0 radical (unpaired) electrons. The predicted octanol–water partition coefficient (Wildman–Crippen LogP) is 4.09. The van der Waals surface area contributed by atoms with Gasteiger partial charge in [-0.15, -0.1) is 0 Å². The molecule has 1 atom stereocenters. The zero-order chi connectivity index (χ0) is 14.3. The summed E-state index contributed by atoms with van der Waals surface area (Å²) in [6.45, 7) is 8.32. The third-order valence-electron chi connectivity index (χ3n) is 3.16. The van der Waals surface area contributed by atoms with Gasteiger partial charge in [0.2, 0.25) is 0 Å². The van der Waals surface area contributed by atoms with Crippen LogP contribution in [0.1, 0.15) is 52.0 Å². The Labute approximate surface area is 115 Å². The molecule has 0 amide bonds. The highest BCUT2D eigenvalue weighted by molar-refractivity contribution is 5.75. The van der Waals surface area contributed by atoms with Crippen molar-refractivity contribution in [1.29, 1.82) is 0 Å². The molecular weight excluding hydrogens is 240 g/mol. The van der Waals surface area contributed by atoms with Gasteiger partial charge in [-0.05, 0) is 38.2 Å². The van der Waals surface area contributed by atoms with Gasteiger partial charge in [0.05, 0.1) is 12.0 Å². The highest BCUT2D eigenvalue weighted by Gasteiger charge is 2.32. The highest BCUT2D eigenvalue weighted by Crippen LogP contribution is 2.32. The first-order valence-corrected chi connectivity index (χ1v) is 6.86.